The van der Waals surface area contributed by atoms with Gasteiger partial charge in [0.15, 0.2) is 5.78 Å². The number of aromatic nitrogens is 1. The van der Waals surface area contributed by atoms with Crippen LogP contribution in [0.25, 0.3) is 0 Å². The maximum atomic E-state index is 12.3. The summed E-state index contributed by atoms with van der Waals surface area (Å²) in [6.45, 7) is 5.66. The van der Waals surface area contributed by atoms with Crippen LogP contribution in [0.5, 0.6) is 0 Å². The third-order valence-electron chi connectivity index (χ3n) is 5.68. The minimum atomic E-state index is -2.92. The predicted molar refractivity (Wildman–Crippen MR) is 116 cm³/mol. The van der Waals surface area contributed by atoms with Crippen LogP contribution >= 0.6 is 11.6 Å². The molecule has 1 aromatic heterocycles. The highest BCUT2D eigenvalue weighted by Crippen LogP contribution is 2.33. The smallest absolute Gasteiger partial charge is 0.211 e. The number of benzene rings is 1. The molecular formula is C22H27ClN2O3S. The van der Waals surface area contributed by atoms with Gasteiger partial charge in [-0.05, 0) is 48.1 Å². The summed E-state index contributed by atoms with van der Waals surface area (Å²) in [5.41, 5.74) is 3.75. The molecule has 1 saturated heterocycles. The van der Waals surface area contributed by atoms with Crippen LogP contribution in [0.15, 0.2) is 36.5 Å². The number of Topliss-reactive ketones (excluding diaryl/α,β-unsaturated/α-hetero) is 1. The van der Waals surface area contributed by atoms with Crippen molar-refractivity contribution in [1.29, 1.82) is 0 Å². The average Bonchev–Trinajstić information content (AvgIpc) is 2.77. The van der Waals surface area contributed by atoms with Crippen LogP contribution in [0.3, 0.4) is 0 Å². The first-order chi connectivity index (χ1) is 13.7. The van der Waals surface area contributed by atoms with Gasteiger partial charge in [-0.15, -0.1) is 0 Å². The van der Waals surface area contributed by atoms with Gasteiger partial charge >= 0.3 is 0 Å². The lowest BCUT2D eigenvalue weighted by Crippen LogP contribution is -2.37. The fourth-order valence-electron chi connectivity index (χ4n) is 3.87. The first-order valence-corrected chi connectivity index (χ1v) is 12.1. The summed E-state index contributed by atoms with van der Waals surface area (Å²) in [6, 6.07) is 9.38. The molecule has 0 amide bonds. The zero-order valence-electron chi connectivity index (χ0n) is 17.1. The summed E-state index contributed by atoms with van der Waals surface area (Å²) in [4.78, 5) is 16.7. The molecule has 4 rings (SSSR count). The molecule has 2 aliphatic rings. The molecule has 0 spiro atoms. The number of rotatable bonds is 1. The molecule has 1 aliphatic carbocycles. The van der Waals surface area contributed by atoms with E-state index in [2.05, 4.69) is 18.8 Å². The van der Waals surface area contributed by atoms with E-state index in [4.69, 9.17) is 11.6 Å². The Bertz CT molecular complexity index is 999. The van der Waals surface area contributed by atoms with E-state index >= 15 is 0 Å². The quantitative estimate of drug-likeness (QED) is 0.670. The second-order valence-electron chi connectivity index (χ2n) is 7.95. The SMILES string of the molecule is CC1CCN(S(C)(=O)=O)CC1.CC1c2ccc(Cl)cc2C(=O)Cc2cccnc21. The van der Waals surface area contributed by atoms with Crippen molar-refractivity contribution in [2.24, 2.45) is 5.92 Å². The molecular weight excluding hydrogens is 408 g/mol. The van der Waals surface area contributed by atoms with Gasteiger partial charge in [0.2, 0.25) is 10.0 Å². The van der Waals surface area contributed by atoms with Crippen LogP contribution in [0.1, 0.15) is 59.8 Å². The van der Waals surface area contributed by atoms with E-state index in [-0.39, 0.29) is 11.7 Å². The van der Waals surface area contributed by atoms with E-state index < -0.39 is 10.0 Å². The van der Waals surface area contributed by atoms with Crippen LogP contribution in [-0.2, 0) is 16.4 Å². The van der Waals surface area contributed by atoms with Gasteiger partial charge in [-0.2, -0.15) is 0 Å². The van der Waals surface area contributed by atoms with E-state index in [1.807, 2.05) is 24.3 Å². The van der Waals surface area contributed by atoms with Crippen molar-refractivity contribution in [2.45, 2.75) is 39.0 Å². The molecule has 1 fully saturated rings. The number of carbonyl (C=O) groups excluding carboxylic acids is 1. The summed E-state index contributed by atoms with van der Waals surface area (Å²) >= 11 is 5.99. The largest absolute Gasteiger partial charge is 0.294 e. The van der Waals surface area contributed by atoms with Crippen molar-refractivity contribution in [3.05, 3.63) is 63.9 Å². The number of pyridine rings is 1. The van der Waals surface area contributed by atoms with Gasteiger partial charge in [0, 0.05) is 42.2 Å². The molecule has 1 atom stereocenters. The summed E-state index contributed by atoms with van der Waals surface area (Å²) in [6.07, 6.45) is 5.48. The van der Waals surface area contributed by atoms with Crippen LogP contribution < -0.4 is 0 Å². The van der Waals surface area contributed by atoms with E-state index in [1.54, 1.807) is 16.6 Å². The van der Waals surface area contributed by atoms with Gasteiger partial charge in [-0.25, -0.2) is 12.7 Å². The van der Waals surface area contributed by atoms with Crippen molar-refractivity contribution < 1.29 is 13.2 Å². The van der Waals surface area contributed by atoms with Gasteiger partial charge in [-0.3, -0.25) is 9.78 Å². The number of hydrogen-bond donors (Lipinski definition) is 0. The first-order valence-electron chi connectivity index (χ1n) is 9.88. The zero-order chi connectivity index (χ0) is 21.2. The number of fused-ring (bicyclic) bond motifs is 2. The van der Waals surface area contributed by atoms with E-state index in [1.165, 1.54) is 6.26 Å². The van der Waals surface area contributed by atoms with Gasteiger partial charge < -0.3 is 0 Å². The minimum absolute atomic E-state index is 0.117. The lowest BCUT2D eigenvalue weighted by Gasteiger charge is -2.27. The van der Waals surface area contributed by atoms with Crippen LogP contribution in [-0.4, -0.2) is 42.8 Å². The number of halogens is 1. The Hall–Kier alpha value is -1.76. The second kappa shape index (κ2) is 8.94. The zero-order valence-corrected chi connectivity index (χ0v) is 18.6. The highest BCUT2D eigenvalue weighted by molar-refractivity contribution is 7.88. The molecule has 5 nitrogen and oxygen atoms in total. The molecule has 0 N–H and O–H groups in total. The highest BCUT2D eigenvalue weighted by atomic mass is 35.5. The topological polar surface area (TPSA) is 67.3 Å². The van der Waals surface area contributed by atoms with Crippen LogP contribution in [0.2, 0.25) is 5.02 Å². The molecule has 1 aromatic carbocycles. The van der Waals surface area contributed by atoms with E-state index in [0.717, 1.165) is 35.2 Å². The summed E-state index contributed by atoms with van der Waals surface area (Å²) < 4.78 is 23.6. The molecule has 0 radical (unpaired) electrons. The van der Waals surface area contributed by atoms with Crippen molar-refractivity contribution in [3.63, 3.8) is 0 Å². The lowest BCUT2D eigenvalue weighted by molar-refractivity contribution is 0.0993. The fourth-order valence-corrected chi connectivity index (χ4v) is 4.92. The van der Waals surface area contributed by atoms with Gasteiger partial charge in [-0.1, -0.05) is 37.6 Å². The first kappa shape index (κ1) is 21.9. The average molecular weight is 435 g/mol. The fraction of sp³-hybridized carbons (Fsp3) is 0.455. The summed E-state index contributed by atoms with van der Waals surface area (Å²) in [5.74, 6) is 0.930. The van der Waals surface area contributed by atoms with Gasteiger partial charge in [0.05, 0.1) is 11.9 Å². The number of carbonyl (C=O) groups is 1. The Balaban J connectivity index is 0.000000188. The highest BCUT2D eigenvalue weighted by Gasteiger charge is 2.26. The molecule has 1 aliphatic heterocycles. The predicted octanol–water partition coefficient (Wildman–Crippen LogP) is 4.30. The molecule has 1 unspecified atom stereocenters. The van der Waals surface area contributed by atoms with Gasteiger partial charge in [0.1, 0.15) is 0 Å². The van der Waals surface area contributed by atoms with Crippen LogP contribution in [0, 0.1) is 5.92 Å². The molecule has 29 heavy (non-hydrogen) atoms. The van der Waals surface area contributed by atoms with Crippen molar-refractivity contribution >= 4 is 27.4 Å². The standard InChI is InChI=1S/C15H12ClNO.C7H15NO2S/c1-9-12-5-4-11(16)8-13(12)14(18)7-10-3-2-6-17-15(9)10;1-7-3-5-8(6-4-7)11(2,9)10/h2-6,8-9H,7H2,1H3;7H,3-6H2,1-2H3. The minimum Gasteiger partial charge on any atom is -0.294 e. The third kappa shape index (κ3) is 5.24. The van der Waals surface area contributed by atoms with Crippen molar-refractivity contribution in [1.82, 2.24) is 9.29 Å². The monoisotopic (exact) mass is 434 g/mol. The Labute approximate surface area is 178 Å². The maximum Gasteiger partial charge on any atom is 0.211 e. The Morgan fingerprint density at radius 3 is 2.48 bits per heavy atom. The molecule has 0 saturated carbocycles. The molecule has 156 valence electrons. The van der Waals surface area contributed by atoms with Crippen molar-refractivity contribution in [3.8, 4) is 0 Å². The Kier molecular flexibility index (Phi) is 6.76. The van der Waals surface area contributed by atoms with Crippen molar-refractivity contribution in [2.75, 3.05) is 19.3 Å². The maximum absolute atomic E-state index is 12.3. The number of hydrogen-bond acceptors (Lipinski definition) is 4. The van der Waals surface area contributed by atoms with Gasteiger partial charge in [0.25, 0.3) is 0 Å². The second-order valence-corrected chi connectivity index (χ2v) is 10.4. The number of piperidine rings is 1. The molecule has 0 bridgehead atoms. The van der Waals surface area contributed by atoms with E-state index in [0.29, 0.717) is 30.5 Å². The number of ketones is 1. The summed E-state index contributed by atoms with van der Waals surface area (Å²) in [7, 11) is -2.92. The molecule has 7 heteroatoms. The molecule has 2 heterocycles. The Morgan fingerprint density at radius 1 is 1.14 bits per heavy atom. The normalized spacial score (nSPS) is 20.1. The number of sulfonamides is 1. The lowest BCUT2D eigenvalue weighted by atomic mass is 9.93. The third-order valence-corrected chi connectivity index (χ3v) is 7.22. The molecule has 2 aromatic rings. The Morgan fingerprint density at radius 2 is 1.83 bits per heavy atom. The van der Waals surface area contributed by atoms with E-state index in [9.17, 15) is 13.2 Å². The van der Waals surface area contributed by atoms with Crippen LogP contribution in [0.4, 0.5) is 0 Å². The summed E-state index contributed by atoms with van der Waals surface area (Å²) in [5, 5.41) is 0.605. The number of nitrogens with zero attached hydrogens (tertiary/aromatic N) is 2.